The van der Waals surface area contributed by atoms with Gasteiger partial charge in [-0.05, 0) is 51.4 Å². The van der Waals surface area contributed by atoms with Gasteiger partial charge in [0.25, 0.3) is 0 Å². The molecule has 6 nitrogen and oxygen atoms in total. The van der Waals surface area contributed by atoms with E-state index >= 15 is 0 Å². The third-order valence-electron chi connectivity index (χ3n) is 7.00. The van der Waals surface area contributed by atoms with Gasteiger partial charge in [-0.1, -0.05) is 41.6 Å². The molecule has 162 valence electrons. The quantitative estimate of drug-likeness (QED) is 0.620. The van der Waals surface area contributed by atoms with Crippen molar-refractivity contribution in [2.24, 2.45) is 0 Å². The summed E-state index contributed by atoms with van der Waals surface area (Å²) < 4.78 is 5.82. The second-order valence-corrected chi connectivity index (χ2v) is 9.14. The summed E-state index contributed by atoms with van der Waals surface area (Å²) in [6, 6.07) is 15.5. The van der Waals surface area contributed by atoms with Gasteiger partial charge < -0.3 is 9.42 Å². The fraction of sp³-hybridized carbons (Fsp3) is 0.480. The van der Waals surface area contributed by atoms with Crippen LogP contribution in [-0.2, 0) is 0 Å². The van der Waals surface area contributed by atoms with E-state index < -0.39 is 0 Å². The van der Waals surface area contributed by atoms with Crippen LogP contribution in [0, 0.1) is 0 Å². The highest BCUT2D eigenvalue weighted by molar-refractivity contribution is 5.53. The molecule has 5 rings (SSSR count). The molecule has 0 radical (unpaired) electrons. The fourth-order valence-corrected chi connectivity index (χ4v) is 5.17. The van der Waals surface area contributed by atoms with E-state index in [1.165, 1.54) is 31.5 Å². The zero-order valence-electron chi connectivity index (χ0n) is 18.4. The number of pyridine rings is 1. The van der Waals surface area contributed by atoms with Crippen molar-refractivity contribution in [1.29, 1.82) is 0 Å². The molecule has 0 amide bonds. The Bertz CT molecular complexity index is 966. The minimum atomic E-state index is 0.192. The summed E-state index contributed by atoms with van der Waals surface area (Å²) in [6.45, 7) is 8.93. The Morgan fingerprint density at radius 1 is 0.968 bits per heavy atom. The molecule has 0 saturated carbocycles. The van der Waals surface area contributed by atoms with Crippen LogP contribution in [0.25, 0.3) is 11.4 Å². The highest BCUT2D eigenvalue weighted by Crippen LogP contribution is 2.41. The molecule has 31 heavy (non-hydrogen) atoms. The van der Waals surface area contributed by atoms with Crippen molar-refractivity contribution in [3.8, 4) is 11.4 Å². The molecule has 6 heteroatoms. The largest absolute Gasteiger partial charge is 0.339 e. The molecule has 2 fully saturated rings. The lowest BCUT2D eigenvalue weighted by atomic mass is 9.90. The zero-order valence-corrected chi connectivity index (χ0v) is 18.4. The predicted molar refractivity (Wildman–Crippen MR) is 121 cm³/mol. The number of aromatic nitrogens is 3. The maximum absolute atomic E-state index is 5.82. The minimum absolute atomic E-state index is 0.192. The van der Waals surface area contributed by atoms with Gasteiger partial charge >= 0.3 is 0 Å². The summed E-state index contributed by atoms with van der Waals surface area (Å²) in [5, 5.41) is 4.30. The summed E-state index contributed by atoms with van der Waals surface area (Å²) in [5.74, 6) is 1.93. The SMILES string of the molecule is CC(C)N1CCC(N2C[C@@H](c3cccnc3)[C@H](c3nc(-c4ccccc4)no3)C2)CC1. The standard InChI is InChI=1S/C25H31N5O/c1-18(2)29-13-10-21(11-14-29)30-16-22(20-9-6-12-26-15-20)23(17-30)25-27-24(28-31-25)19-7-4-3-5-8-19/h3-9,12,15,18,21-23H,10-11,13-14,16-17H2,1-2H3/t22-,23+/m0/s1. The van der Waals surface area contributed by atoms with E-state index in [1.54, 1.807) is 0 Å². The van der Waals surface area contributed by atoms with Crippen LogP contribution < -0.4 is 0 Å². The van der Waals surface area contributed by atoms with Crippen LogP contribution >= 0.6 is 0 Å². The van der Waals surface area contributed by atoms with Crippen LogP contribution in [0.4, 0.5) is 0 Å². The molecule has 0 aliphatic carbocycles. The van der Waals surface area contributed by atoms with E-state index in [0.717, 1.165) is 24.5 Å². The first kappa shape index (κ1) is 20.3. The number of hydrogen-bond donors (Lipinski definition) is 0. The van der Waals surface area contributed by atoms with Crippen molar-refractivity contribution in [3.63, 3.8) is 0 Å². The van der Waals surface area contributed by atoms with Crippen LogP contribution in [0.3, 0.4) is 0 Å². The van der Waals surface area contributed by atoms with Crippen molar-refractivity contribution in [2.75, 3.05) is 26.2 Å². The Hall–Kier alpha value is -2.57. The molecule has 2 aliphatic heterocycles. The molecule has 0 unspecified atom stereocenters. The topological polar surface area (TPSA) is 58.3 Å². The van der Waals surface area contributed by atoms with Gasteiger partial charge in [-0.2, -0.15) is 4.98 Å². The molecule has 2 saturated heterocycles. The van der Waals surface area contributed by atoms with Gasteiger partial charge in [0.1, 0.15) is 0 Å². The molecular formula is C25H31N5O. The lowest BCUT2D eigenvalue weighted by molar-refractivity contribution is 0.105. The third-order valence-corrected chi connectivity index (χ3v) is 7.00. The van der Waals surface area contributed by atoms with Crippen LogP contribution in [-0.4, -0.2) is 63.2 Å². The van der Waals surface area contributed by atoms with E-state index in [0.29, 0.717) is 23.8 Å². The number of benzene rings is 1. The Labute approximate surface area is 184 Å². The number of nitrogens with zero attached hydrogens (tertiary/aromatic N) is 5. The first-order valence-electron chi connectivity index (χ1n) is 11.5. The van der Waals surface area contributed by atoms with Crippen molar-refractivity contribution in [2.45, 2.75) is 50.6 Å². The fourth-order valence-electron chi connectivity index (χ4n) is 5.17. The van der Waals surface area contributed by atoms with Crippen LogP contribution in [0.5, 0.6) is 0 Å². The summed E-state index contributed by atoms with van der Waals surface area (Å²) in [6.07, 6.45) is 6.29. The van der Waals surface area contributed by atoms with E-state index in [4.69, 9.17) is 9.51 Å². The van der Waals surface area contributed by atoms with Gasteiger partial charge in [-0.15, -0.1) is 0 Å². The van der Waals surface area contributed by atoms with E-state index in [9.17, 15) is 0 Å². The molecule has 1 aromatic carbocycles. The van der Waals surface area contributed by atoms with Gasteiger partial charge in [-0.3, -0.25) is 9.88 Å². The zero-order chi connectivity index (χ0) is 21.2. The maximum atomic E-state index is 5.82. The van der Waals surface area contributed by atoms with E-state index in [2.05, 4.69) is 39.9 Å². The molecule has 0 N–H and O–H groups in total. The van der Waals surface area contributed by atoms with Gasteiger partial charge in [-0.25, -0.2) is 0 Å². The predicted octanol–water partition coefficient (Wildman–Crippen LogP) is 4.19. The van der Waals surface area contributed by atoms with E-state index in [-0.39, 0.29) is 5.92 Å². The van der Waals surface area contributed by atoms with Crippen molar-refractivity contribution in [1.82, 2.24) is 24.9 Å². The monoisotopic (exact) mass is 417 g/mol. The average Bonchev–Trinajstić information content (AvgIpc) is 3.48. The van der Waals surface area contributed by atoms with Crippen molar-refractivity contribution < 1.29 is 4.52 Å². The minimum Gasteiger partial charge on any atom is -0.339 e. The van der Waals surface area contributed by atoms with E-state index in [1.807, 2.05) is 48.8 Å². The second-order valence-electron chi connectivity index (χ2n) is 9.14. The highest BCUT2D eigenvalue weighted by Gasteiger charge is 2.41. The molecule has 2 aliphatic rings. The van der Waals surface area contributed by atoms with Crippen molar-refractivity contribution in [3.05, 3.63) is 66.3 Å². The number of rotatable bonds is 5. The maximum Gasteiger partial charge on any atom is 0.232 e. The Balaban J connectivity index is 1.38. The lowest BCUT2D eigenvalue weighted by Crippen LogP contribution is -2.46. The molecular weight excluding hydrogens is 386 g/mol. The van der Waals surface area contributed by atoms with Gasteiger partial charge in [0.15, 0.2) is 0 Å². The molecule has 4 heterocycles. The summed E-state index contributed by atoms with van der Waals surface area (Å²) in [5.41, 5.74) is 2.25. The first-order chi connectivity index (χ1) is 15.2. The molecule has 2 atom stereocenters. The molecule has 2 aromatic heterocycles. The third kappa shape index (κ3) is 4.27. The van der Waals surface area contributed by atoms with Gasteiger partial charge in [0.05, 0.1) is 5.92 Å². The number of piperidine rings is 1. The molecule has 0 bridgehead atoms. The van der Waals surface area contributed by atoms with Gasteiger partial charge in [0.2, 0.25) is 11.7 Å². The van der Waals surface area contributed by atoms with Crippen molar-refractivity contribution >= 4 is 0 Å². The van der Waals surface area contributed by atoms with Crippen LogP contribution in [0.15, 0.2) is 59.4 Å². The van der Waals surface area contributed by atoms with Crippen LogP contribution in [0.2, 0.25) is 0 Å². The number of hydrogen-bond acceptors (Lipinski definition) is 6. The normalized spacial score (nSPS) is 23.6. The Morgan fingerprint density at radius 3 is 2.45 bits per heavy atom. The Morgan fingerprint density at radius 2 is 1.74 bits per heavy atom. The average molecular weight is 418 g/mol. The highest BCUT2D eigenvalue weighted by atomic mass is 16.5. The summed E-state index contributed by atoms with van der Waals surface area (Å²) >= 11 is 0. The smallest absolute Gasteiger partial charge is 0.232 e. The Kier molecular flexibility index (Phi) is 5.83. The van der Waals surface area contributed by atoms with Crippen LogP contribution in [0.1, 0.15) is 50.0 Å². The van der Waals surface area contributed by atoms with Gasteiger partial charge in [0, 0.05) is 49.0 Å². The molecule has 3 aromatic rings. The lowest BCUT2D eigenvalue weighted by Gasteiger charge is -2.38. The number of likely N-dealkylation sites (tertiary alicyclic amines) is 2. The molecule has 0 spiro atoms. The first-order valence-corrected chi connectivity index (χ1v) is 11.5. The second kappa shape index (κ2) is 8.89. The summed E-state index contributed by atoms with van der Waals surface area (Å²) in [7, 11) is 0. The summed E-state index contributed by atoms with van der Waals surface area (Å²) in [4.78, 5) is 14.5.